The molecule has 150 valence electrons. The van der Waals surface area contributed by atoms with Crippen molar-refractivity contribution < 1.29 is 23.8 Å². The molecule has 2 amide bonds. The molecule has 7 heteroatoms. The van der Waals surface area contributed by atoms with Crippen molar-refractivity contribution in [1.29, 1.82) is 0 Å². The number of nitrogens with zero attached hydrogens (tertiary/aromatic N) is 1. The van der Waals surface area contributed by atoms with E-state index in [0.717, 1.165) is 5.56 Å². The maximum Gasteiger partial charge on any atom is 0.410 e. The van der Waals surface area contributed by atoms with Crippen LogP contribution in [0.5, 0.6) is 5.75 Å². The first-order valence-corrected chi connectivity index (χ1v) is 8.98. The lowest BCUT2D eigenvalue weighted by Gasteiger charge is -2.50. The molecule has 0 atom stereocenters. The molecular formula is C20H30N2O5. The molecule has 2 rings (SSSR count). The molecule has 1 aromatic carbocycles. The van der Waals surface area contributed by atoms with Gasteiger partial charge in [0.1, 0.15) is 22.5 Å². The third kappa shape index (κ3) is 5.28. The van der Waals surface area contributed by atoms with Gasteiger partial charge in [-0.2, -0.15) is 0 Å². The summed E-state index contributed by atoms with van der Waals surface area (Å²) in [6, 6.07) is 7.42. The minimum atomic E-state index is -0.800. The van der Waals surface area contributed by atoms with Crippen molar-refractivity contribution in [2.45, 2.75) is 58.3 Å². The van der Waals surface area contributed by atoms with Gasteiger partial charge in [-0.3, -0.25) is 0 Å². The SMILES string of the molecule is COc1ccccc1C1(NC(=O)OC(C)(C)C)CN(C(=O)OC(C)(C)C)C1. The molecule has 1 heterocycles. The third-order valence-electron chi connectivity index (χ3n) is 3.94. The molecule has 0 aromatic heterocycles. The molecule has 7 nitrogen and oxygen atoms in total. The molecule has 27 heavy (non-hydrogen) atoms. The number of ether oxygens (including phenoxy) is 3. The first-order chi connectivity index (χ1) is 12.4. The molecule has 1 saturated heterocycles. The van der Waals surface area contributed by atoms with Crippen molar-refractivity contribution in [3.63, 3.8) is 0 Å². The number of methoxy groups -OCH3 is 1. The van der Waals surface area contributed by atoms with E-state index < -0.39 is 28.9 Å². The number of carbonyl (C=O) groups is 2. The Morgan fingerprint density at radius 2 is 1.56 bits per heavy atom. The maximum absolute atomic E-state index is 12.4. The number of nitrogens with one attached hydrogen (secondary N) is 1. The van der Waals surface area contributed by atoms with E-state index in [9.17, 15) is 9.59 Å². The Hall–Kier alpha value is -2.44. The lowest BCUT2D eigenvalue weighted by molar-refractivity contribution is -0.0234. The quantitative estimate of drug-likeness (QED) is 0.868. The van der Waals surface area contributed by atoms with Crippen molar-refractivity contribution in [2.75, 3.05) is 20.2 Å². The van der Waals surface area contributed by atoms with Gasteiger partial charge < -0.3 is 24.4 Å². The Balaban J connectivity index is 2.24. The van der Waals surface area contributed by atoms with E-state index in [1.807, 2.05) is 45.0 Å². The number of hydrogen-bond acceptors (Lipinski definition) is 5. The summed E-state index contributed by atoms with van der Waals surface area (Å²) in [5, 5.41) is 2.93. The van der Waals surface area contributed by atoms with E-state index in [4.69, 9.17) is 14.2 Å². The van der Waals surface area contributed by atoms with E-state index in [-0.39, 0.29) is 13.1 Å². The molecular weight excluding hydrogens is 348 g/mol. The number of amides is 2. The highest BCUT2D eigenvalue weighted by molar-refractivity contribution is 5.74. The smallest absolute Gasteiger partial charge is 0.410 e. The van der Waals surface area contributed by atoms with Crippen molar-refractivity contribution >= 4 is 12.2 Å². The summed E-state index contributed by atoms with van der Waals surface area (Å²) >= 11 is 0. The molecule has 0 aliphatic carbocycles. The zero-order chi connectivity index (χ0) is 20.5. The molecule has 1 fully saturated rings. The molecule has 0 saturated carbocycles. The van der Waals surface area contributed by atoms with Crippen LogP contribution in [0.15, 0.2) is 24.3 Å². The number of carbonyl (C=O) groups excluding carboxylic acids is 2. The van der Waals surface area contributed by atoms with E-state index in [2.05, 4.69) is 5.32 Å². The summed E-state index contributed by atoms with van der Waals surface area (Å²) in [6.45, 7) is 11.4. The Morgan fingerprint density at radius 3 is 2.07 bits per heavy atom. The van der Waals surface area contributed by atoms with Gasteiger partial charge in [-0.25, -0.2) is 9.59 Å². The predicted molar refractivity (Wildman–Crippen MR) is 102 cm³/mol. The van der Waals surface area contributed by atoms with Crippen LogP contribution in [0.3, 0.4) is 0 Å². The summed E-state index contributed by atoms with van der Waals surface area (Å²) in [7, 11) is 1.57. The Labute approximate surface area is 161 Å². The number of rotatable bonds is 3. The van der Waals surface area contributed by atoms with Crippen molar-refractivity contribution in [3.05, 3.63) is 29.8 Å². The van der Waals surface area contributed by atoms with Crippen LogP contribution in [0.1, 0.15) is 47.1 Å². The van der Waals surface area contributed by atoms with Crippen LogP contribution in [0, 0.1) is 0 Å². The fourth-order valence-electron chi connectivity index (χ4n) is 2.92. The van der Waals surface area contributed by atoms with Gasteiger partial charge in [-0.15, -0.1) is 0 Å². The maximum atomic E-state index is 12.4. The first kappa shape index (κ1) is 20.9. The highest BCUT2D eigenvalue weighted by Crippen LogP contribution is 2.38. The van der Waals surface area contributed by atoms with Gasteiger partial charge in [0.2, 0.25) is 0 Å². The van der Waals surface area contributed by atoms with Gasteiger partial charge in [0, 0.05) is 5.56 Å². The van der Waals surface area contributed by atoms with Crippen LogP contribution < -0.4 is 10.1 Å². The fourth-order valence-corrected chi connectivity index (χ4v) is 2.92. The molecule has 0 unspecified atom stereocenters. The van der Waals surface area contributed by atoms with Gasteiger partial charge in [0.05, 0.1) is 20.2 Å². The first-order valence-electron chi connectivity index (χ1n) is 8.98. The summed E-state index contributed by atoms with van der Waals surface area (Å²) in [5.74, 6) is 0.636. The average molecular weight is 378 g/mol. The highest BCUT2D eigenvalue weighted by atomic mass is 16.6. The summed E-state index contributed by atoms with van der Waals surface area (Å²) in [6.07, 6.45) is -0.962. The number of para-hydroxylation sites is 1. The van der Waals surface area contributed by atoms with Crippen LogP contribution in [0.25, 0.3) is 0 Å². The summed E-state index contributed by atoms with van der Waals surface area (Å²) < 4.78 is 16.3. The number of alkyl carbamates (subject to hydrolysis) is 1. The van der Waals surface area contributed by atoms with Crippen molar-refractivity contribution in [1.82, 2.24) is 10.2 Å². The fraction of sp³-hybridized carbons (Fsp3) is 0.600. The van der Waals surface area contributed by atoms with E-state index in [0.29, 0.717) is 5.75 Å². The van der Waals surface area contributed by atoms with Crippen LogP contribution in [-0.2, 0) is 15.0 Å². The minimum absolute atomic E-state index is 0.265. The molecule has 1 N–H and O–H groups in total. The Kier molecular flexibility index (Phi) is 5.63. The number of benzene rings is 1. The third-order valence-corrected chi connectivity index (χ3v) is 3.94. The zero-order valence-corrected chi connectivity index (χ0v) is 17.2. The molecule has 0 bridgehead atoms. The van der Waals surface area contributed by atoms with Crippen molar-refractivity contribution in [2.24, 2.45) is 0 Å². The average Bonchev–Trinajstić information content (AvgIpc) is 2.46. The summed E-state index contributed by atoms with van der Waals surface area (Å²) in [4.78, 5) is 26.3. The number of hydrogen-bond donors (Lipinski definition) is 1. The number of likely N-dealkylation sites (tertiary alicyclic amines) is 1. The second kappa shape index (κ2) is 7.29. The van der Waals surface area contributed by atoms with Crippen LogP contribution in [0.2, 0.25) is 0 Å². The second-order valence-electron chi connectivity index (χ2n) is 8.75. The van der Waals surface area contributed by atoms with Crippen LogP contribution in [0.4, 0.5) is 9.59 Å². The van der Waals surface area contributed by atoms with Crippen LogP contribution in [-0.4, -0.2) is 48.5 Å². The highest BCUT2D eigenvalue weighted by Gasteiger charge is 2.51. The van der Waals surface area contributed by atoms with Gasteiger partial charge >= 0.3 is 12.2 Å². The van der Waals surface area contributed by atoms with Gasteiger partial charge in [0.25, 0.3) is 0 Å². The Morgan fingerprint density at radius 1 is 1.00 bits per heavy atom. The van der Waals surface area contributed by atoms with E-state index in [1.165, 1.54) is 0 Å². The van der Waals surface area contributed by atoms with Crippen LogP contribution >= 0.6 is 0 Å². The molecule has 1 aliphatic rings. The Bertz CT molecular complexity index is 697. The topological polar surface area (TPSA) is 77.1 Å². The second-order valence-corrected chi connectivity index (χ2v) is 8.75. The minimum Gasteiger partial charge on any atom is -0.496 e. The van der Waals surface area contributed by atoms with E-state index >= 15 is 0 Å². The largest absolute Gasteiger partial charge is 0.496 e. The standard InChI is InChI=1S/C20H30N2O5/c1-18(2,3)26-16(23)21-20(14-10-8-9-11-15(14)25-7)12-22(13-20)17(24)27-19(4,5)6/h8-11H,12-13H2,1-7H3,(H,21,23). The van der Waals surface area contributed by atoms with Crippen molar-refractivity contribution in [3.8, 4) is 5.75 Å². The lowest BCUT2D eigenvalue weighted by Crippen LogP contribution is -2.69. The van der Waals surface area contributed by atoms with Gasteiger partial charge in [0.15, 0.2) is 0 Å². The predicted octanol–water partition coefficient (Wildman–Crippen LogP) is 3.67. The molecule has 1 aliphatic heterocycles. The molecule has 0 spiro atoms. The zero-order valence-electron chi connectivity index (χ0n) is 17.2. The van der Waals surface area contributed by atoms with E-state index in [1.54, 1.807) is 32.8 Å². The molecule has 1 aromatic rings. The monoisotopic (exact) mass is 378 g/mol. The normalized spacial score (nSPS) is 16.2. The van der Waals surface area contributed by atoms with Gasteiger partial charge in [-0.1, -0.05) is 18.2 Å². The lowest BCUT2D eigenvalue weighted by atomic mass is 9.82. The molecule has 0 radical (unpaired) electrons. The van der Waals surface area contributed by atoms with Gasteiger partial charge in [-0.05, 0) is 47.6 Å². The summed E-state index contributed by atoms with van der Waals surface area (Å²) in [5.41, 5.74) is -1.22.